The summed E-state index contributed by atoms with van der Waals surface area (Å²) in [6, 6.07) is 21.2. The van der Waals surface area contributed by atoms with Gasteiger partial charge in [-0.15, -0.1) is 0 Å². The predicted molar refractivity (Wildman–Crippen MR) is 127 cm³/mol. The van der Waals surface area contributed by atoms with Gasteiger partial charge in [0.05, 0.1) is 28.6 Å². The molecule has 35 heavy (non-hydrogen) atoms. The lowest BCUT2D eigenvalue weighted by atomic mass is 10.1. The molecule has 9 heteroatoms. The van der Waals surface area contributed by atoms with Crippen molar-refractivity contribution in [2.45, 2.75) is 19.1 Å². The van der Waals surface area contributed by atoms with E-state index < -0.39 is 17.8 Å². The third-order valence-corrected chi connectivity index (χ3v) is 5.76. The smallest absolute Gasteiger partial charge is 0.435 e. The molecule has 0 amide bonds. The Kier molecular flexibility index (Phi) is 7.23. The molecule has 5 nitrogen and oxygen atoms in total. The molecule has 0 atom stereocenters. The third-order valence-electron chi connectivity index (χ3n) is 5.44. The summed E-state index contributed by atoms with van der Waals surface area (Å²) in [6.45, 7) is 0.568. The molecular formula is C26H21ClF3N3O2. The van der Waals surface area contributed by atoms with Gasteiger partial charge in [0.15, 0.2) is 5.69 Å². The number of halogens is 4. The molecule has 0 spiro atoms. The molecule has 4 aromatic rings. The number of aromatic nitrogens is 2. The number of carbonyl (C=O) groups excluding carboxylic acids is 1. The highest BCUT2D eigenvalue weighted by molar-refractivity contribution is 6.32. The summed E-state index contributed by atoms with van der Waals surface area (Å²) >= 11 is 6.21. The van der Waals surface area contributed by atoms with E-state index in [1.807, 2.05) is 24.3 Å². The molecule has 1 heterocycles. The minimum atomic E-state index is -4.63. The number of esters is 1. The molecule has 0 fully saturated rings. The Labute approximate surface area is 204 Å². The molecule has 0 saturated carbocycles. The standard InChI is InChI=1S/C26H21ClF3N3O2/c27-21-7-3-4-8-22(21)33-23(15-24(32-33)26(28,29)30)18-9-11-19(12-10-18)25(34)35-14-13-17-5-1-2-6-20(17)16-31/h1-12,15H,13-14,16,31H2. The van der Waals surface area contributed by atoms with Crippen molar-refractivity contribution in [3.8, 4) is 16.9 Å². The Hall–Kier alpha value is -3.62. The van der Waals surface area contributed by atoms with E-state index in [1.54, 1.807) is 36.4 Å². The van der Waals surface area contributed by atoms with Crippen LogP contribution in [0, 0.1) is 0 Å². The van der Waals surface area contributed by atoms with Crippen LogP contribution in [-0.2, 0) is 23.9 Å². The first-order valence-electron chi connectivity index (χ1n) is 10.7. The van der Waals surface area contributed by atoms with Crippen molar-refractivity contribution in [2.75, 3.05) is 6.61 Å². The summed E-state index contributed by atoms with van der Waals surface area (Å²) < 4.78 is 46.7. The molecule has 180 valence electrons. The van der Waals surface area contributed by atoms with Crippen molar-refractivity contribution in [3.05, 3.63) is 106 Å². The number of hydrogen-bond donors (Lipinski definition) is 1. The van der Waals surface area contributed by atoms with Gasteiger partial charge in [0.2, 0.25) is 0 Å². The van der Waals surface area contributed by atoms with Gasteiger partial charge in [0.1, 0.15) is 0 Å². The topological polar surface area (TPSA) is 70.1 Å². The Balaban J connectivity index is 1.54. The van der Waals surface area contributed by atoms with Crippen LogP contribution in [0.4, 0.5) is 13.2 Å². The van der Waals surface area contributed by atoms with Crippen LogP contribution in [0.3, 0.4) is 0 Å². The number of benzene rings is 3. The first-order chi connectivity index (χ1) is 16.8. The van der Waals surface area contributed by atoms with Gasteiger partial charge in [0.25, 0.3) is 0 Å². The SMILES string of the molecule is NCc1ccccc1CCOC(=O)c1ccc(-c2cc(C(F)(F)F)nn2-c2ccccc2Cl)cc1. The second-order valence-corrected chi connectivity index (χ2v) is 8.12. The number of carbonyl (C=O) groups is 1. The summed E-state index contributed by atoms with van der Waals surface area (Å²) in [5, 5.41) is 3.99. The number of rotatable bonds is 7. The van der Waals surface area contributed by atoms with E-state index in [9.17, 15) is 18.0 Å². The highest BCUT2D eigenvalue weighted by atomic mass is 35.5. The summed E-state index contributed by atoms with van der Waals surface area (Å²) in [4.78, 5) is 12.5. The highest BCUT2D eigenvalue weighted by Crippen LogP contribution is 2.34. The number of nitrogens with two attached hydrogens (primary N) is 1. The van der Waals surface area contributed by atoms with Crippen molar-refractivity contribution in [1.29, 1.82) is 0 Å². The molecular weight excluding hydrogens is 479 g/mol. The third kappa shape index (κ3) is 5.55. The zero-order chi connectivity index (χ0) is 25.0. The maximum absolute atomic E-state index is 13.4. The maximum Gasteiger partial charge on any atom is 0.435 e. The van der Waals surface area contributed by atoms with Crippen LogP contribution >= 0.6 is 11.6 Å². The van der Waals surface area contributed by atoms with Crippen LogP contribution in [0.5, 0.6) is 0 Å². The van der Waals surface area contributed by atoms with E-state index in [4.69, 9.17) is 22.1 Å². The first kappa shape index (κ1) is 24.5. The molecule has 0 bridgehead atoms. The van der Waals surface area contributed by atoms with Crippen LogP contribution in [0.15, 0.2) is 78.9 Å². The summed E-state index contributed by atoms with van der Waals surface area (Å²) in [7, 11) is 0. The molecule has 4 rings (SSSR count). The van der Waals surface area contributed by atoms with Crippen LogP contribution < -0.4 is 5.73 Å². The van der Waals surface area contributed by atoms with Gasteiger partial charge >= 0.3 is 12.1 Å². The Morgan fingerprint density at radius 1 is 0.971 bits per heavy atom. The Bertz CT molecular complexity index is 1330. The molecule has 2 N–H and O–H groups in total. The van der Waals surface area contributed by atoms with Crippen LogP contribution in [-0.4, -0.2) is 22.4 Å². The second-order valence-electron chi connectivity index (χ2n) is 7.71. The fraction of sp³-hybridized carbons (Fsp3) is 0.154. The van der Waals surface area contributed by atoms with Crippen LogP contribution in [0.1, 0.15) is 27.2 Å². The van der Waals surface area contributed by atoms with Gasteiger partial charge < -0.3 is 10.5 Å². The highest BCUT2D eigenvalue weighted by Gasteiger charge is 2.35. The Morgan fingerprint density at radius 3 is 2.29 bits per heavy atom. The van der Waals surface area contributed by atoms with Crippen LogP contribution in [0.25, 0.3) is 16.9 Å². The predicted octanol–water partition coefficient (Wildman–Crippen LogP) is 6.07. The summed E-state index contributed by atoms with van der Waals surface area (Å²) in [6.07, 6.45) is -4.11. The van der Waals surface area contributed by atoms with E-state index in [-0.39, 0.29) is 22.9 Å². The van der Waals surface area contributed by atoms with Crippen molar-refractivity contribution in [2.24, 2.45) is 5.73 Å². The van der Waals surface area contributed by atoms with Gasteiger partial charge in [-0.2, -0.15) is 18.3 Å². The zero-order valence-corrected chi connectivity index (χ0v) is 19.2. The number of para-hydroxylation sites is 1. The van der Waals surface area contributed by atoms with E-state index >= 15 is 0 Å². The van der Waals surface area contributed by atoms with Gasteiger partial charge in [0, 0.05) is 18.5 Å². The molecule has 3 aromatic carbocycles. The normalized spacial score (nSPS) is 11.5. The van der Waals surface area contributed by atoms with Gasteiger partial charge in [-0.3, -0.25) is 0 Å². The van der Waals surface area contributed by atoms with Crippen molar-refractivity contribution >= 4 is 17.6 Å². The number of ether oxygens (including phenoxy) is 1. The van der Waals surface area contributed by atoms with E-state index in [0.29, 0.717) is 24.2 Å². The molecule has 0 aliphatic heterocycles. The molecule has 0 aliphatic rings. The fourth-order valence-electron chi connectivity index (χ4n) is 3.65. The van der Waals surface area contributed by atoms with E-state index in [2.05, 4.69) is 5.10 Å². The van der Waals surface area contributed by atoms with Gasteiger partial charge in [-0.25, -0.2) is 9.48 Å². The molecule has 0 aliphatic carbocycles. The average Bonchev–Trinajstić information content (AvgIpc) is 3.30. The monoisotopic (exact) mass is 499 g/mol. The minimum absolute atomic E-state index is 0.172. The Morgan fingerprint density at radius 2 is 1.63 bits per heavy atom. The van der Waals surface area contributed by atoms with Crippen molar-refractivity contribution < 1.29 is 22.7 Å². The number of nitrogens with zero attached hydrogens (tertiary/aromatic N) is 2. The summed E-state index contributed by atoms with van der Waals surface area (Å²) in [5.41, 5.74) is 7.88. The largest absolute Gasteiger partial charge is 0.462 e. The van der Waals surface area contributed by atoms with Crippen molar-refractivity contribution in [1.82, 2.24) is 9.78 Å². The minimum Gasteiger partial charge on any atom is -0.462 e. The average molecular weight is 500 g/mol. The van der Waals surface area contributed by atoms with E-state index in [0.717, 1.165) is 21.9 Å². The lowest BCUT2D eigenvalue weighted by Gasteiger charge is -2.10. The first-order valence-corrected chi connectivity index (χ1v) is 11.1. The lowest BCUT2D eigenvalue weighted by molar-refractivity contribution is -0.141. The molecule has 0 saturated heterocycles. The lowest BCUT2D eigenvalue weighted by Crippen LogP contribution is -2.10. The zero-order valence-electron chi connectivity index (χ0n) is 18.4. The number of hydrogen-bond acceptors (Lipinski definition) is 4. The molecule has 0 radical (unpaired) electrons. The summed E-state index contributed by atoms with van der Waals surface area (Å²) in [5.74, 6) is -0.530. The molecule has 1 aromatic heterocycles. The van der Waals surface area contributed by atoms with Crippen LogP contribution in [0.2, 0.25) is 5.02 Å². The maximum atomic E-state index is 13.4. The second kappa shape index (κ2) is 10.3. The number of alkyl halides is 3. The van der Waals surface area contributed by atoms with E-state index in [1.165, 1.54) is 12.1 Å². The van der Waals surface area contributed by atoms with Crippen molar-refractivity contribution in [3.63, 3.8) is 0 Å². The van der Waals surface area contributed by atoms with Gasteiger partial charge in [-0.1, -0.05) is 60.1 Å². The van der Waals surface area contributed by atoms with Gasteiger partial charge in [-0.05, 0) is 41.5 Å². The fourth-order valence-corrected chi connectivity index (χ4v) is 3.86. The molecule has 0 unspecified atom stereocenters. The quantitative estimate of drug-likeness (QED) is 0.313.